The largest absolute Gasteiger partial charge is 0.493 e. The molecule has 3 rings (SSSR count). The zero-order valence-corrected chi connectivity index (χ0v) is 15.3. The van der Waals surface area contributed by atoms with Crippen molar-refractivity contribution in [2.75, 3.05) is 6.54 Å². The summed E-state index contributed by atoms with van der Waals surface area (Å²) in [5, 5.41) is 20.9. The molecule has 8 nitrogen and oxygen atoms in total. The number of carbonyl (C=O) groups excluding carboxylic acids is 1. The highest BCUT2D eigenvalue weighted by Gasteiger charge is 2.29. The Morgan fingerprint density at radius 1 is 1.21 bits per heavy atom. The minimum Gasteiger partial charge on any atom is -0.493 e. The number of benzene rings is 1. The van der Waals surface area contributed by atoms with Crippen molar-refractivity contribution in [2.24, 2.45) is 0 Å². The SMILES string of the molecule is O=C(O)CNC(=O)c1c(O)nc(C2CCCCC2)n(-c2cccc(F)c2F)c1=O. The minimum atomic E-state index is -1.36. The number of aliphatic carboxylic acids is 1. The predicted octanol–water partition coefficient (Wildman–Crippen LogP) is 2.08. The van der Waals surface area contributed by atoms with Crippen molar-refractivity contribution >= 4 is 11.9 Å². The van der Waals surface area contributed by atoms with Crippen LogP contribution in [0.5, 0.6) is 5.88 Å². The lowest BCUT2D eigenvalue weighted by Crippen LogP contribution is -2.37. The normalized spacial score (nSPS) is 14.6. The molecule has 1 aliphatic carbocycles. The molecule has 1 aromatic carbocycles. The first-order valence-corrected chi connectivity index (χ1v) is 9.11. The highest BCUT2D eigenvalue weighted by Crippen LogP contribution is 2.33. The zero-order valence-electron chi connectivity index (χ0n) is 15.3. The Labute approximate surface area is 163 Å². The topological polar surface area (TPSA) is 122 Å². The van der Waals surface area contributed by atoms with Gasteiger partial charge in [0.15, 0.2) is 17.2 Å². The van der Waals surface area contributed by atoms with E-state index in [1.165, 1.54) is 12.1 Å². The van der Waals surface area contributed by atoms with Crippen LogP contribution in [0.2, 0.25) is 0 Å². The number of nitrogens with one attached hydrogen (secondary N) is 1. The van der Waals surface area contributed by atoms with Crippen molar-refractivity contribution in [3.8, 4) is 11.6 Å². The van der Waals surface area contributed by atoms with Crippen molar-refractivity contribution < 1.29 is 28.6 Å². The number of nitrogens with zero attached hydrogens (tertiary/aromatic N) is 2. The molecule has 0 bridgehead atoms. The lowest BCUT2D eigenvalue weighted by molar-refractivity contribution is -0.135. The first kappa shape index (κ1) is 20.4. The van der Waals surface area contributed by atoms with Gasteiger partial charge >= 0.3 is 5.97 Å². The van der Waals surface area contributed by atoms with Crippen LogP contribution in [-0.2, 0) is 4.79 Å². The van der Waals surface area contributed by atoms with Crippen LogP contribution >= 0.6 is 0 Å². The second-order valence-corrected chi connectivity index (χ2v) is 6.79. The molecule has 0 spiro atoms. The van der Waals surface area contributed by atoms with Gasteiger partial charge in [0.2, 0.25) is 5.88 Å². The Bertz CT molecular complexity index is 1020. The van der Waals surface area contributed by atoms with E-state index in [0.29, 0.717) is 12.8 Å². The third kappa shape index (κ3) is 4.10. The molecule has 0 atom stereocenters. The van der Waals surface area contributed by atoms with Gasteiger partial charge in [0.05, 0.1) is 5.69 Å². The molecule has 1 aromatic heterocycles. The van der Waals surface area contributed by atoms with Crippen LogP contribution in [-0.4, -0.2) is 38.2 Å². The lowest BCUT2D eigenvalue weighted by Gasteiger charge is -2.25. The molecule has 154 valence electrons. The molecule has 1 amide bonds. The third-order valence-electron chi connectivity index (χ3n) is 4.86. The molecule has 29 heavy (non-hydrogen) atoms. The van der Waals surface area contributed by atoms with E-state index in [9.17, 15) is 28.3 Å². The quantitative estimate of drug-likeness (QED) is 0.698. The second-order valence-electron chi connectivity index (χ2n) is 6.79. The number of amides is 1. The maximum atomic E-state index is 14.5. The van der Waals surface area contributed by atoms with Crippen LogP contribution in [0.15, 0.2) is 23.0 Å². The number of rotatable bonds is 5. The average molecular weight is 407 g/mol. The van der Waals surface area contributed by atoms with Gasteiger partial charge in [-0.1, -0.05) is 25.3 Å². The van der Waals surface area contributed by atoms with Crippen molar-refractivity contribution in [3.63, 3.8) is 0 Å². The van der Waals surface area contributed by atoms with Gasteiger partial charge in [0, 0.05) is 5.92 Å². The molecule has 0 radical (unpaired) electrons. The summed E-state index contributed by atoms with van der Waals surface area (Å²) < 4.78 is 29.1. The number of hydrogen-bond acceptors (Lipinski definition) is 5. The van der Waals surface area contributed by atoms with E-state index >= 15 is 0 Å². The van der Waals surface area contributed by atoms with Crippen molar-refractivity contribution in [1.29, 1.82) is 0 Å². The monoisotopic (exact) mass is 407 g/mol. The molecule has 3 N–H and O–H groups in total. The molecule has 0 unspecified atom stereocenters. The van der Waals surface area contributed by atoms with Gasteiger partial charge in [-0.2, -0.15) is 4.98 Å². The fourth-order valence-electron chi connectivity index (χ4n) is 3.50. The molecule has 2 aromatic rings. The van der Waals surface area contributed by atoms with E-state index in [-0.39, 0.29) is 11.7 Å². The first-order valence-electron chi connectivity index (χ1n) is 9.11. The summed E-state index contributed by atoms with van der Waals surface area (Å²) in [5.41, 5.74) is -2.38. The summed E-state index contributed by atoms with van der Waals surface area (Å²) >= 11 is 0. The predicted molar refractivity (Wildman–Crippen MR) is 97.2 cm³/mol. The Balaban J connectivity index is 2.22. The van der Waals surface area contributed by atoms with Crippen LogP contribution in [0.1, 0.15) is 54.2 Å². The third-order valence-corrected chi connectivity index (χ3v) is 4.86. The smallest absolute Gasteiger partial charge is 0.322 e. The summed E-state index contributed by atoms with van der Waals surface area (Å²) in [6.07, 6.45) is 3.93. The molecular weight excluding hydrogens is 388 g/mol. The highest BCUT2D eigenvalue weighted by atomic mass is 19.2. The standard InChI is InChI=1S/C19H19F2N3O5/c20-11-7-4-8-12(15(11)21)24-16(10-5-2-1-3-6-10)23-18(28)14(19(24)29)17(27)22-9-13(25)26/h4,7-8,10,28H,1-3,5-6,9H2,(H,22,27)(H,25,26). The lowest BCUT2D eigenvalue weighted by atomic mass is 9.88. The van der Waals surface area contributed by atoms with Gasteiger partial charge in [-0.3, -0.25) is 19.0 Å². The molecule has 1 fully saturated rings. The molecule has 0 saturated heterocycles. The van der Waals surface area contributed by atoms with Crippen LogP contribution in [0.25, 0.3) is 5.69 Å². The number of hydrogen-bond donors (Lipinski definition) is 3. The number of halogens is 2. The molecule has 0 aliphatic heterocycles. The van der Waals surface area contributed by atoms with E-state index in [1.54, 1.807) is 0 Å². The molecule has 1 saturated carbocycles. The van der Waals surface area contributed by atoms with Gasteiger partial charge in [0.25, 0.3) is 11.5 Å². The van der Waals surface area contributed by atoms with Gasteiger partial charge in [-0.15, -0.1) is 0 Å². The maximum absolute atomic E-state index is 14.5. The number of carbonyl (C=O) groups is 2. The Hall–Kier alpha value is -3.30. The van der Waals surface area contributed by atoms with Gasteiger partial charge < -0.3 is 15.5 Å². The highest BCUT2D eigenvalue weighted by molar-refractivity contribution is 5.97. The number of carboxylic acid groups (broad SMARTS) is 1. The van der Waals surface area contributed by atoms with Gasteiger partial charge in [-0.05, 0) is 25.0 Å². The summed E-state index contributed by atoms with van der Waals surface area (Å²) in [6.45, 7) is -0.795. The van der Waals surface area contributed by atoms with Crippen LogP contribution < -0.4 is 10.9 Å². The fraction of sp³-hybridized carbons (Fsp3) is 0.368. The first-order chi connectivity index (χ1) is 13.8. The van der Waals surface area contributed by atoms with E-state index in [2.05, 4.69) is 4.98 Å². The molecular formula is C19H19F2N3O5. The Morgan fingerprint density at radius 3 is 2.55 bits per heavy atom. The average Bonchev–Trinajstić information content (AvgIpc) is 2.69. The van der Waals surface area contributed by atoms with Crippen molar-refractivity contribution in [2.45, 2.75) is 38.0 Å². The van der Waals surface area contributed by atoms with Crippen LogP contribution in [0.4, 0.5) is 8.78 Å². The fourth-order valence-corrected chi connectivity index (χ4v) is 3.50. The maximum Gasteiger partial charge on any atom is 0.322 e. The van der Waals surface area contributed by atoms with Crippen molar-refractivity contribution in [3.05, 3.63) is 51.6 Å². The van der Waals surface area contributed by atoms with E-state index in [1.807, 2.05) is 5.32 Å². The molecule has 1 heterocycles. The summed E-state index contributed by atoms with van der Waals surface area (Å²) in [7, 11) is 0. The zero-order chi connectivity index (χ0) is 21.1. The van der Waals surface area contributed by atoms with Gasteiger partial charge in [-0.25, -0.2) is 8.78 Å². The second kappa shape index (κ2) is 8.38. The van der Waals surface area contributed by atoms with Crippen LogP contribution in [0.3, 0.4) is 0 Å². The van der Waals surface area contributed by atoms with Gasteiger partial charge in [0.1, 0.15) is 12.4 Å². The summed E-state index contributed by atoms with van der Waals surface area (Å²) in [4.78, 5) is 40.0. The van der Waals surface area contributed by atoms with Crippen molar-refractivity contribution in [1.82, 2.24) is 14.9 Å². The number of aromatic nitrogens is 2. The van der Waals surface area contributed by atoms with Crippen LogP contribution in [0, 0.1) is 11.6 Å². The summed E-state index contributed by atoms with van der Waals surface area (Å²) in [5.74, 6) is -6.16. The van der Waals surface area contributed by atoms with E-state index in [0.717, 1.165) is 29.9 Å². The summed E-state index contributed by atoms with van der Waals surface area (Å²) in [6, 6.07) is 3.27. The Morgan fingerprint density at radius 2 is 1.90 bits per heavy atom. The molecule has 10 heteroatoms. The Kier molecular flexibility index (Phi) is 5.90. The number of aromatic hydroxyl groups is 1. The minimum absolute atomic E-state index is 0.0338. The number of carboxylic acids is 1. The van der Waals surface area contributed by atoms with E-state index in [4.69, 9.17) is 5.11 Å². The molecule has 1 aliphatic rings. The van der Waals surface area contributed by atoms with E-state index < -0.39 is 52.7 Å².